The van der Waals surface area contributed by atoms with Crippen LogP contribution in [0.15, 0.2) is 64.6 Å². The zero-order chi connectivity index (χ0) is 21.1. The van der Waals surface area contributed by atoms with E-state index in [2.05, 4.69) is 32.8 Å². The van der Waals surface area contributed by atoms with Gasteiger partial charge in [0.05, 0.1) is 22.6 Å². The van der Waals surface area contributed by atoms with Crippen LogP contribution in [0.25, 0.3) is 16.5 Å². The maximum atomic E-state index is 8.41. The molecule has 5 N–H and O–H groups in total. The lowest BCUT2D eigenvalue weighted by Gasteiger charge is -2.35. The third-order valence-electron chi connectivity index (χ3n) is 6.37. The van der Waals surface area contributed by atoms with E-state index in [1.54, 1.807) is 0 Å². The van der Waals surface area contributed by atoms with Crippen molar-refractivity contribution in [1.29, 1.82) is 5.41 Å². The lowest BCUT2D eigenvalue weighted by molar-refractivity contribution is 0.307. The van der Waals surface area contributed by atoms with Gasteiger partial charge in [0.25, 0.3) is 0 Å². The van der Waals surface area contributed by atoms with Crippen molar-refractivity contribution < 1.29 is 0 Å². The summed E-state index contributed by atoms with van der Waals surface area (Å²) in [7, 11) is 1.92. The highest BCUT2D eigenvalue weighted by Gasteiger charge is 2.26. The Kier molecular flexibility index (Phi) is 3.91. The van der Waals surface area contributed by atoms with E-state index in [0.717, 1.165) is 76.7 Å². The van der Waals surface area contributed by atoms with Crippen LogP contribution in [0.1, 0.15) is 18.4 Å². The van der Waals surface area contributed by atoms with Crippen LogP contribution in [0.4, 0.5) is 5.82 Å². The Hall–Kier alpha value is -3.65. The second-order valence-electron chi connectivity index (χ2n) is 8.41. The number of fused-ring (bicyclic) bond motifs is 4. The van der Waals surface area contributed by atoms with Crippen molar-refractivity contribution in [3.05, 3.63) is 65.2 Å². The first-order chi connectivity index (χ1) is 15.1. The molecule has 4 heterocycles. The molecule has 2 aromatic rings. The highest BCUT2D eigenvalue weighted by molar-refractivity contribution is 6.12. The summed E-state index contributed by atoms with van der Waals surface area (Å²) in [4.78, 5) is 7.05. The predicted molar refractivity (Wildman–Crippen MR) is 124 cm³/mol. The summed E-state index contributed by atoms with van der Waals surface area (Å²) in [5.74, 6) is 1.74. The first-order valence-corrected chi connectivity index (χ1v) is 10.6. The molecule has 1 aliphatic carbocycles. The Morgan fingerprint density at radius 2 is 2.00 bits per heavy atom. The number of anilines is 1. The molecule has 4 aliphatic rings. The number of rotatable bonds is 0. The van der Waals surface area contributed by atoms with Gasteiger partial charge in [-0.2, -0.15) is 5.10 Å². The number of nitrogens with two attached hydrogens (primary N) is 1. The van der Waals surface area contributed by atoms with Gasteiger partial charge >= 0.3 is 0 Å². The van der Waals surface area contributed by atoms with Crippen LogP contribution < -0.4 is 16.4 Å². The van der Waals surface area contributed by atoms with Gasteiger partial charge in [-0.3, -0.25) is 10.1 Å². The van der Waals surface area contributed by atoms with Gasteiger partial charge in [0.15, 0.2) is 0 Å². The number of hydrogen-bond acceptors (Lipinski definition) is 7. The fourth-order valence-electron chi connectivity index (χ4n) is 4.57. The lowest BCUT2D eigenvalue weighted by Crippen LogP contribution is -2.48. The number of likely N-dealkylation sites (tertiary alicyclic amines) is 1. The van der Waals surface area contributed by atoms with Crippen LogP contribution in [-0.4, -0.2) is 45.5 Å². The van der Waals surface area contributed by atoms with Gasteiger partial charge in [-0.1, -0.05) is 12.1 Å². The van der Waals surface area contributed by atoms with E-state index in [4.69, 9.17) is 16.1 Å². The lowest BCUT2D eigenvalue weighted by atomic mass is 9.94. The van der Waals surface area contributed by atoms with Crippen molar-refractivity contribution in [2.24, 2.45) is 17.8 Å². The number of guanidine groups is 1. The topological polar surface area (TPSA) is 107 Å². The Morgan fingerprint density at radius 3 is 2.84 bits per heavy atom. The maximum Gasteiger partial charge on any atom is 0.203 e. The number of allylic oxidation sites excluding steroid dienone is 5. The molecular formula is C23H24N8. The highest BCUT2D eigenvalue weighted by atomic mass is 15.3. The molecule has 0 unspecified atom stereocenters. The number of aliphatic imine (C=N–C) groups is 1. The fourth-order valence-corrected chi connectivity index (χ4v) is 4.57. The average Bonchev–Trinajstić information content (AvgIpc) is 3.09. The van der Waals surface area contributed by atoms with Crippen LogP contribution >= 0.6 is 0 Å². The van der Waals surface area contributed by atoms with E-state index in [1.807, 2.05) is 42.2 Å². The van der Waals surface area contributed by atoms with Gasteiger partial charge in [-0.05, 0) is 42.7 Å². The Morgan fingerprint density at radius 1 is 1.16 bits per heavy atom. The number of aromatic nitrogens is 2. The summed E-state index contributed by atoms with van der Waals surface area (Å²) in [6, 6.07) is 6.55. The SMILES string of the molecule is Cn1nc2ccc3cc2c1NC1=CC(=C2NC(N4CCC(N)CC4)=NC=C23)C=CC1=N. The second-order valence-corrected chi connectivity index (χ2v) is 8.41. The van der Waals surface area contributed by atoms with E-state index in [0.29, 0.717) is 5.71 Å². The fraction of sp³-hybridized carbons (Fsp3) is 0.261. The number of piperidine rings is 1. The van der Waals surface area contributed by atoms with Crippen LogP contribution in [0.5, 0.6) is 0 Å². The van der Waals surface area contributed by atoms with E-state index in [1.165, 1.54) is 0 Å². The maximum absolute atomic E-state index is 8.41. The molecule has 0 atom stereocenters. The number of nitrogens with one attached hydrogen (secondary N) is 3. The molecule has 0 amide bonds. The molecule has 31 heavy (non-hydrogen) atoms. The summed E-state index contributed by atoms with van der Waals surface area (Å²) in [6.07, 6.45) is 9.74. The molecule has 0 saturated carbocycles. The summed E-state index contributed by atoms with van der Waals surface area (Å²) in [6.45, 7) is 1.79. The van der Waals surface area contributed by atoms with Crippen molar-refractivity contribution in [2.75, 3.05) is 18.4 Å². The zero-order valence-electron chi connectivity index (χ0n) is 17.3. The normalized spacial score (nSPS) is 20.8. The van der Waals surface area contributed by atoms with Crippen molar-refractivity contribution in [3.63, 3.8) is 0 Å². The Labute approximate surface area is 180 Å². The van der Waals surface area contributed by atoms with Gasteiger partial charge in [-0.25, -0.2) is 4.99 Å². The van der Waals surface area contributed by atoms with Gasteiger partial charge in [0.2, 0.25) is 5.96 Å². The molecule has 4 bridgehead atoms. The van der Waals surface area contributed by atoms with E-state index in [9.17, 15) is 0 Å². The monoisotopic (exact) mass is 412 g/mol. The van der Waals surface area contributed by atoms with Gasteiger partial charge < -0.3 is 21.3 Å². The molecule has 0 spiro atoms. The molecule has 1 aromatic carbocycles. The smallest absolute Gasteiger partial charge is 0.203 e. The minimum atomic E-state index is 0.270. The van der Waals surface area contributed by atoms with Crippen LogP contribution in [0, 0.1) is 5.41 Å². The van der Waals surface area contributed by atoms with Crippen molar-refractivity contribution in [2.45, 2.75) is 18.9 Å². The van der Waals surface area contributed by atoms with Gasteiger partial charge in [-0.15, -0.1) is 0 Å². The molecule has 1 fully saturated rings. The number of hydrogen-bond donors (Lipinski definition) is 4. The minimum Gasteiger partial charge on any atom is -0.342 e. The largest absolute Gasteiger partial charge is 0.342 e. The molecule has 3 aliphatic heterocycles. The molecule has 8 heteroatoms. The Balaban J connectivity index is 1.53. The number of aryl methyl sites for hydroxylation is 1. The molecule has 8 nitrogen and oxygen atoms in total. The van der Waals surface area contributed by atoms with E-state index < -0.39 is 0 Å². The van der Waals surface area contributed by atoms with Crippen LogP contribution in [-0.2, 0) is 7.05 Å². The second kappa shape index (κ2) is 6.68. The predicted octanol–water partition coefficient (Wildman–Crippen LogP) is 2.45. The first kappa shape index (κ1) is 18.1. The molecule has 1 aromatic heterocycles. The Bertz CT molecular complexity index is 1280. The van der Waals surface area contributed by atoms with Crippen LogP contribution in [0.3, 0.4) is 0 Å². The molecular weight excluding hydrogens is 388 g/mol. The highest BCUT2D eigenvalue weighted by Crippen LogP contribution is 2.35. The number of nitrogens with zero attached hydrogens (tertiary/aromatic N) is 4. The van der Waals surface area contributed by atoms with Crippen LogP contribution in [0.2, 0.25) is 0 Å². The third kappa shape index (κ3) is 2.90. The van der Waals surface area contributed by atoms with Crippen molar-refractivity contribution >= 4 is 34.0 Å². The van der Waals surface area contributed by atoms with E-state index in [-0.39, 0.29) is 6.04 Å². The summed E-state index contributed by atoms with van der Waals surface area (Å²) in [5.41, 5.74) is 12.3. The minimum absolute atomic E-state index is 0.270. The third-order valence-corrected chi connectivity index (χ3v) is 6.37. The van der Waals surface area contributed by atoms with Gasteiger partial charge in [0, 0.05) is 48.9 Å². The number of benzene rings is 1. The molecule has 6 rings (SSSR count). The summed E-state index contributed by atoms with van der Waals surface area (Å²) in [5, 5.41) is 21.1. The van der Waals surface area contributed by atoms with Gasteiger partial charge in [0.1, 0.15) is 5.82 Å². The summed E-state index contributed by atoms with van der Waals surface area (Å²) < 4.78 is 1.83. The average molecular weight is 413 g/mol. The molecule has 1 saturated heterocycles. The van der Waals surface area contributed by atoms with Crippen molar-refractivity contribution in [1.82, 2.24) is 20.0 Å². The van der Waals surface area contributed by atoms with Crippen molar-refractivity contribution in [3.8, 4) is 0 Å². The summed E-state index contributed by atoms with van der Waals surface area (Å²) >= 11 is 0. The zero-order valence-corrected chi connectivity index (χ0v) is 17.3. The molecule has 0 radical (unpaired) electrons. The first-order valence-electron chi connectivity index (χ1n) is 10.6. The standard InChI is InChI=1S/C23H24N8/c1-30-22-16-10-13(3-5-19(16)29-30)17-12-26-23(31-8-6-15(24)7-9-31)28-21(17)14-2-4-18(25)20(11-14)27-22/h2-5,10-12,15,25,27H,6-9,24H2,1H3,(H,26,28). The molecule has 156 valence electrons. The van der Waals surface area contributed by atoms with E-state index >= 15 is 0 Å². The quantitative estimate of drug-likeness (QED) is 0.532.